The summed E-state index contributed by atoms with van der Waals surface area (Å²) in [6.45, 7) is 6.54. The Kier molecular flexibility index (Phi) is 3.32. The van der Waals surface area contributed by atoms with E-state index in [1.807, 2.05) is 19.4 Å². The number of nitrogens with two attached hydrogens (primary N) is 1. The van der Waals surface area contributed by atoms with E-state index in [1.165, 1.54) is 0 Å². The average Bonchev–Trinajstić information content (AvgIpc) is 2.32. The molecule has 0 saturated carbocycles. The van der Waals surface area contributed by atoms with Gasteiger partial charge in [0.25, 0.3) is 0 Å². The fraction of sp³-hybridized carbons (Fsp3) is 0.727. The molecule has 0 bridgehead atoms. The lowest BCUT2D eigenvalue weighted by Crippen LogP contribution is -2.27. The van der Waals surface area contributed by atoms with E-state index in [-0.39, 0.29) is 11.5 Å². The molecule has 1 atom stereocenters. The van der Waals surface area contributed by atoms with Crippen LogP contribution in [0.15, 0.2) is 12.4 Å². The summed E-state index contributed by atoms with van der Waals surface area (Å²) >= 11 is 0. The standard InChI is InChI=1S/C11H21N3/c1-9(12)7-11(2,3)8-10-13-5-6-14(10)4/h5-6,9H,7-8,12H2,1-4H3. The van der Waals surface area contributed by atoms with Crippen LogP contribution in [0.2, 0.25) is 0 Å². The first-order valence-electron chi connectivity index (χ1n) is 5.12. The summed E-state index contributed by atoms with van der Waals surface area (Å²) < 4.78 is 2.07. The van der Waals surface area contributed by atoms with Gasteiger partial charge in [-0.15, -0.1) is 0 Å². The molecule has 0 radical (unpaired) electrons. The summed E-state index contributed by atoms with van der Waals surface area (Å²) in [6, 6.07) is 0.255. The zero-order valence-electron chi connectivity index (χ0n) is 9.62. The Morgan fingerprint density at radius 1 is 1.57 bits per heavy atom. The first-order chi connectivity index (χ1) is 6.41. The normalized spacial score (nSPS) is 14.4. The topological polar surface area (TPSA) is 43.8 Å². The van der Waals surface area contributed by atoms with Crippen molar-refractivity contribution in [3.05, 3.63) is 18.2 Å². The second kappa shape index (κ2) is 4.13. The van der Waals surface area contributed by atoms with E-state index < -0.39 is 0 Å². The Morgan fingerprint density at radius 2 is 2.21 bits per heavy atom. The summed E-state index contributed by atoms with van der Waals surface area (Å²) in [4.78, 5) is 4.33. The summed E-state index contributed by atoms with van der Waals surface area (Å²) in [5.74, 6) is 1.13. The Labute approximate surface area is 86.3 Å². The predicted octanol–water partition coefficient (Wildman–Crippen LogP) is 1.73. The van der Waals surface area contributed by atoms with Gasteiger partial charge >= 0.3 is 0 Å². The molecule has 1 heterocycles. The molecule has 0 fully saturated rings. The monoisotopic (exact) mass is 195 g/mol. The molecule has 2 N–H and O–H groups in total. The van der Waals surface area contributed by atoms with Crippen molar-refractivity contribution in [3.63, 3.8) is 0 Å². The highest BCUT2D eigenvalue weighted by Gasteiger charge is 2.21. The minimum atomic E-state index is 0.229. The molecule has 1 unspecified atom stereocenters. The number of nitrogens with zero attached hydrogens (tertiary/aromatic N) is 2. The predicted molar refractivity (Wildman–Crippen MR) is 59.0 cm³/mol. The molecule has 3 nitrogen and oxygen atoms in total. The maximum atomic E-state index is 5.82. The largest absolute Gasteiger partial charge is 0.338 e. The van der Waals surface area contributed by atoms with Gasteiger partial charge < -0.3 is 10.3 Å². The molecule has 80 valence electrons. The van der Waals surface area contributed by atoms with Crippen molar-refractivity contribution in [2.45, 2.75) is 39.7 Å². The van der Waals surface area contributed by atoms with Gasteiger partial charge in [-0.3, -0.25) is 0 Å². The maximum Gasteiger partial charge on any atom is 0.108 e. The highest BCUT2D eigenvalue weighted by molar-refractivity contribution is 4.95. The molecule has 0 aliphatic heterocycles. The molecule has 1 aromatic rings. The number of imidazole rings is 1. The lowest BCUT2D eigenvalue weighted by Gasteiger charge is -2.26. The summed E-state index contributed by atoms with van der Waals surface area (Å²) in [5, 5.41) is 0. The first-order valence-corrected chi connectivity index (χ1v) is 5.12. The van der Waals surface area contributed by atoms with Crippen molar-refractivity contribution in [1.29, 1.82) is 0 Å². The third-order valence-corrected chi connectivity index (χ3v) is 2.43. The molecule has 1 rings (SSSR count). The highest BCUT2D eigenvalue weighted by atomic mass is 15.0. The zero-order valence-corrected chi connectivity index (χ0v) is 9.62. The van der Waals surface area contributed by atoms with Crippen LogP contribution in [-0.4, -0.2) is 15.6 Å². The minimum Gasteiger partial charge on any atom is -0.338 e. The molecule has 3 heteroatoms. The quantitative estimate of drug-likeness (QED) is 0.795. The average molecular weight is 195 g/mol. The first kappa shape index (κ1) is 11.2. The van der Waals surface area contributed by atoms with Crippen molar-refractivity contribution in [3.8, 4) is 0 Å². The van der Waals surface area contributed by atoms with E-state index in [4.69, 9.17) is 5.73 Å². The van der Waals surface area contributed by atoms with Crippen molar-refractivity contribution in [2.75, 3.05) is 0 Å². The van der Waals surface area contributed by atoms with Gasteiger partial charge in [-0.05, 0) is 18.8 Å². The molecule has 1 aromatic heterocycles. The Bertz CT molecular complexity index is 286. The fourth-order valence-corrected chi connectivity index (χ4v) is 1.94. The smallest absolute Gasteiger partial charge is 0.108 e. The van der Waals surface area contributed by atoms with Crippen LogP contribution in [0.4, 0.5) is 0 Å². The van der Waals surface area contributed by atoms with Crippen LogP contribution in [-0.2, 0) is 13.5 Å². The molecular formula is C11H21N3. The minimum absolute atomic E-state index is 0.229. The molecule has 0 aliphatic rings. The van der Waals surface area contributed by atoms with Gasteiger partial charge in [-0.2, -0.15) is 0 Å². The van der Waals surface area contributed by atoms with Crippen molar-refractivity contribution >= 4 is 0 Å². The zero-order chi connectivity index (χ0) is 10.8. The Hall–Kier alpha value is -0.830. The van der Waals surface area contributed by atoms with E-state index >= 15 is 0 Å². The molecule has 0 aliphatic carbocycles. The fourth-order valence-electron chi connectivity index (χ4n) is 1.94. The number of hydrogen-bond acceptors (Lipinski definition) is 2. The van der Waals surface area contributed by atoms with Crippen molar-refractivity contribution < 1.29 is 0 Å². The Balaban J connectivity index is 2.63. The van der Waals surface area contributed by atoms with Crippen LogP contribution in [0, 0.1) is 5.41 Å². The SMILES string of the molecule is CC(N)CC(C)(C)Cc1nccn1C. The second-order valence-corrected chi connectivity index (χ2v) is 4.98. The van der Waals surface area contributed by atoms with Crippen LogP contribution in [0.3, 0.4) is 0 Å². The number of hydrogen-bond donors (Lipinski definition) is 1. The lowest BCUT2D eigenvalue weighted by atomic mass is 9.83. The van der Waals surface area contributed by atoms with Gasteiger partial charge in [-0.1, -0.05) is 13.8 Å². The molecule has 0 amide bonds. The summed E-state index contributed by atoms with van der Waals surface area (Å²) in [5.41, 5.74) is 6.05. The van der Waals surface area contributed by atoms with Crippen LogP contribution >= 0.6 is 0 Å². The number of aryl methyl sites for hydroxylation is 1. The summed E-state index contributed by atoms with van der Waals surface area (Å²) in [7, 11) is 2.03. The van der Waals surface area contributed by atoms with E-state index in [1.54, 1.807) is 0 Å². The van der Waals surface area contributed by atoms with Crippen LogP contribution in [0.5, 0.6) is 0 Å². The highest BCUT2D eigenvalue weighted by Crippen LogP contribution is 2.25. The van der Waals surface area contributed by atoms with Gasteiger partial charge in [0.05, 0.1) is 0 Å². The Morgan fingerprint density at radius 3 is 2.64 bits per heavy atom. The van der Waals surface area contributed by atoms with E-state index in [9.17, 15) is 0 Å². The van der Waals surface area contributed by atoms with Crippen LogP contribution in [0.1, 0.15) is 33.0 Å². The van der Waals surface area contributed by atoms with Gasteiger partial charge in [0.2, 0.25) is 0 Å². The van der Waals surface area contributed by atoms with Crippen molar-refractivity contribution in [1.82, 2.24) is 9.55 Å². The van der Waals surface area contributed by atoms with E-state index in [0.29, 0.717) is 0 Å². The van der Waals surface area contributed by atoms with E-state index in [0.717, 1.165) is 18.7 Å². The summed E-state index contributed by atoms with van der Waals surface area (Å²) in [6.07, 6.45) is 5.84. The molecular weight excluding hydrogens is 174 g/mol. The van der Waals surface area contributed by atoms with Gasteiger partial charge in [0.15, 0.2) is 0 Å². The molecule has 0 saturated heterocycles. The van der Waals surface area contributed by atoms with Crippen molar-refractivity contribution in [2.24, 2.45) is 18.2 Å². The van der Waals surface area contributed by atoms with Gasteiger partial charge in [0.1, 0.15) is 5.82 Å². The van der Waals surface area contributed by atoms with Gasteiger partial charge in [-0.25, -0.2) is 4.98 Å². The van der Waals surface area contributed by atoms with Crippen LogP contribution < -0.4 is 5.73 Å². The molecule has 0 aromatic carbocycles. The maximum absolute atomic E-state index is 5.82. The number of rotatable bonds is 4. The third kappa shape index (κ3) is 3.14. The third-order valence-electron chi connectivity index (χ3n) is 2.43. The van der Waals surface area contributed by atoms with Crippen LogP contribution in [0.25, 0.3) is 0 Å². The molecule has 14 heavy (non-hydrogen) atoms. The second-order valence-electron chi connectivity index (χ2n) is 4.98. The van der Waals surface area contributed by atoms with E-state index in [2.05, 4.69) is 30.3 Å². The lowest BCUT2D eigenvalue weighted by molar-refractivity contribution is 0.300. The molecule has 0 spiro atoms. The number of aromatic nitrogens is 2. The van der Waals surface area contributed by atoms with Gasteiger partial charge in [0, 0.05) is 31.9 Å².